The highest BCUT2D eigenvalue weighted by Crippen LogP contribution is 2.34. The molecule has 7 nitrogen and oxygen atoms in total. The number of primary amides is 1. The number of nitrogens with zero attached hydrogens (tertiary/aromatic N) is 4. The Bertz CT molecular complexity index is 1410. The Morgan fingerprint density at radius 3 is 2.80 bits per heavy atom. The average Bonchev–Trinajstić information content (AvgIpc) is 3.22. The summed E-state index contributed by atoms with van der Waals surface area (Å²) in [5.74, 6) is 1.11. The van der Waals surface area contributed by atoms with Crippen LogP contribution in [0.15, 0.2) is 54.6 Å². The molecular formula is C28H30N6O. The predicted molar refractivity (Wildman–Crippen MR) is 138 cm³/mol. The van der Waals surface area contributed by atoms with E-state index in [0.29, 0.717) is 24.1 Å². The Morgan fingerprint density at radius 2 is 1.97 bits per heavy atom. The van der Waals surface area contributed by atoms with Crippen LogP contribution in [-0.4, -0.2) is 37.9 Å². The fourth-order valence-corrected chi connectivity index (χ4v) is 5.66. The molecule has 0 bridgehead atoms. The zero-order chi connectivity index (χ0) is 23.9. The molecule has 4 heterocycles. The third-order valence-corrected chi connectivity index (χ3v) is 7.42. The molecule has 0 aliphatic carbocycles. The van der Waals surface area contributed by atoms with E-state index in [0.717, 1.165) is 47.6 Å². The summed E-state index contributed by atoms with van der Waals surface area (Å²) < 4.78 is 2.04. The van der Waals surface area contributed by atoms with Gasteiger partial charge in [0.2, 0.25) is 11.9 Å². The molecule has 2 aliphatic rings. The number of nitrogens with two attached hydrogens (primary N) is 1. The van der Waals surface area contributed by atoms with Gasteiger partial charge in [-0.25, -0.2) is 4.98 Å². The van der Waals surface area contributed by atoms with Crippen LogP contribution in [0.4, 0.5) is 5.82 Å². The Kier molecular flexibility index (Phi) is 5.49. The lowest BCUT2D eigenvalue weighted by atomic mass is 9.91. The molecule has 2 aliphatic heterocycles. The molecule has 1 unspecified atom stereocenters. The van der Waals surface area contributed by atoms with E-state index in [-0.39, 0.29) is 0 Å². The number of amides is 1. The first-order chi connectivity index (χ1) is 17.1. The number of benzene rings is 2. The quantitative estimate of drug-likeness (QED) is 0.456. The second-order valence-electron chi connectivity index (χ2n) is 9.68. The van der Waals surface area contributed by atoms with Crippen LogP contribution < -0.4 is 11.1 Å². The molecule has 0 saturated carbocycles. The monoisotopic (exact) mass is 466 g/mol. The van der Waals surface area contributed by atoms with E-state index >= 15 is 0 Å². The van der Waals surface area contributed by atoms with Crippen LogP contribution in [0.3, 0.4) is 0 Å². The molecule has 35 heavy (non-hydrogen) atoms. The van der Waals surface area contributed by atoms with E-state index in [9.17, 15) is 4.79 Å². The lowest BCUT2D eigenvalue weighted by Crippen LogP contribution is -2.44. The van der Waals surface area contributed by atoms with Gasteiger partial charge in [-0.1, -0.05) is 42.8 Å². The second kappa shape index (κ2) is 8.82. The van der Waals surface area contributed by atoms with E-state index < -0.39 is 5.91 Å². The molecule has 1 fully saturated rings. The van der Waals surface area contributed by atoms with Gasteiger partial charge in [-0.15, -0.1) is 0 Å². The summed E-state index contributed by atoms with van der Waals surface area (Å²) in [6.45, 7) is 4.70. The first-order valence-corrected chi connectivity index (χ1v) is 12.4. The van der Waals surface area contributed by atoms with Crippen molar-refractivity contribution in [3.8, 4) is 5.95 Å². The van der Waals surface area contributed by atoms with Crippen LogP contribution in [0.1, 0.15) is 52.1 Å². The van der Waals surface area contributed by atoms with E-state index in [1.165, 1.54) is 30.4 Å². The van der Waals surface area contributed by atoms with Crippen LogP contribution in [0, 0.1) is 6.92 Å². The smallest absolute Gasteiger partial charge is 0.249 e. The number of nitrogens with one attached hydrogen (secondary N) is 1. The molecule has 4 aromatic rings. The van der Waals surface area contributed by atoms with Crippen molar-refractivity contribution in [3.05, 3.63) is 82.7 Å². The van der Waals surface area contributed by atoms with Gasteiger partial charge in [-0.05, 0) is 56.5 Å². The van der Waals surface area contributed by atoms with Crippen molar-refractivity contribution in [3.63, 3.8) is 0 Å². The number of aromatic nitrogens is 3. The first-order valence-electron chi connectivity index (χ1n) is 12.4. The molecule has 1 atom stereocenters. The van der Waals surface area contributed by atoms with Gasteiger partial charge in [0.1, 0.15) is 5.82 Å². The number of anilines is 1. The van der Waals surface area contributed by atoms with Crippen molar-refractivity contribution in [2.24, 2.45) is 5.73 Å². The van der Waals surface area contributed by atoms with Crippen molar-refractivity contribution in [2.75, 3.05) is 11.9 Å². The SMILES string of the molecule is Cc1cc2c(C(N)=O)cccc2n1-c1nc2c(c(NCc3ccccc3)n1)CC1CCCCN1C2. The zero-order valence-corrected chi connectivity index (χ0v) is 20.0. The standard InChI is InChI=1S/C28H30N6O/c1-18-14-22-21(26(29)35)11-7-12-25(22)34(18)28-31-24-17-33-13-6-5-10-20(33)15-23(24)27(32-28)30-16-19-8-3-2-4-9-19/h2-4,7-9,11-12,14,20H,5-6,10,13,15-17H2,1H3,(H2,29,35)(H,30,31,32). The molecule has 2 aromatic heterocycles. The van der Waals surface area contributed by atoms with Crippen molar-refractivity contribution < 1.29 is 4.79 Å². The molecule has 0 radical (unpaired) electrons. The van der Waals surface area contributed by atoms with Gasteiger partial charge in [0.25, 0.3) is 0 Å². The predicted octanol–water partition coefficient (Wildman–Crippen LogP) is 4.35. The third-order valence-electron chi connectivity index (χ3n) is 7.42. The van der Waals surface area contributed by atoms with Crippen LogP contribution in [0.2, 0.25) is 0 Å². The van der Waals surface area contributed by atoms with Crippen LogP contribution in [-0.2, 0) is 19.5 Å². The van der Waals surface area contributed by atoms with E-state index in [4.69, 9.17) is 15.7 Å². The summed E-state index contributed by atoms with van der Waals surface area (Å²) in [6.07, 6.45) is 4.75. The minimum Gasteiger partial charge on any atom is -0.366 e. The van der Waals surface area contributed by atoms with Crippen LogP contribution in [0.5, 0.6) is 0 Å². The van der Waals surface area contributed by atoms with Gasteiger partial charge < -0.3 is 11.1 Å². The largest absolute Gasteiger partial charge is 0.366 e. The maximum absolute atomic E-state index is 12.0. The molecule has 7 heteroatoms. The van der Waals surface area contributed by atoms with Gasteiger partial charge in [-0.2, -0.15) is 4.98 Å². The van der Waals surface area contributed by atoms with E-state index in [1.807, 2.05) is 35.8 Å². The third kappa shape index (κ3) is 3.96. The van der Waals surface area contributed by atoms with Gasteiger partial charge in [0.05, 0.1) is 11.2 Å². The lowest BCUT2D eigenvalue weighted by molar-refractivity contribution is 0.100. The normalized spacial score (nSPS) is 17.7. The van der Waals surface area contributed by atoms with Gasteiger partial charge in [0, 0.05) is 41.3 Å². The highest BCUT2D eigenvalue weighted by atomic mass is 16.1. The Morgan fingerprint density at radius 1 is 1.11 bits per heavy atom. The highest BCUT2D eigenvalue weighted by Gasteiger charge is 2.32. The van der Waals surface area contributed by atoms with E-state index in [1.54, 1.807) is 6.07 Å². The summed E-state index contributed by atoms with van der Waals surface area (Å²) in [5.41, 5.74) is 11.6. The summed E-state index contributed by atoms with van der Waals surface area (Å²) >= 11 is 0. The molecule has 1 saturated heterocycles. The number of carbonyl (C=O) groups is 1. The summed E-state index contributed by atoms with van der Waals surface area (Å²) in [4.78, 5) is 24.8. The molecule has 178 valence electrons. The molecular weight excluding hydrogens is 436 g/mol. The van der Waals surface area contributed by atoms with Gasteiger partial charge in [-0.3, -0.25) is 14.3 Å². The van der Waals surface area contributed by atoms with E-state index in [2.05, 4.69) is 34.5 Å². The fraction of sp³-hybridized carbons (Fsp3) is 0.321. The second-order valence-corrected chi connectivity index (χ2v) is 9.68. The van der Waals surface area contributed by atoms with Crippen LogP contribution >= 0.6 is 0 Å². The molecule has 0 spiro atoms. The number of carbonyl (C=O) groups excluding carboxylic acids is 1. The maximum atomic E-state index is 12.0. The first kappa shape index (κ1) is 21.8. The minimum atomic E-state index is -0.430. The number of hydrogen-bond acceptors (Lipinski definition) is 5. The minimum absolute atomic E-state index is 0.430. The van der Waals surface area contributed by atoms with Crippen LogP contribution in [0.25, 0.3) is 16.9 Å². The summed E-state index contributed by atoms with van der Waals surface area (Å²) in [6, 6.07) is 18.6. The number of rotatable bonds is 5. The van der Waals surface area contributed by atoms with Crippen molar-refractivity contribution in [1.29, 1.82) is 0 Å². The Balaban J connectivity index is 1.47. The number of fused-ring (bicyclic) bond motifs is 3. The molecule has 3 N–H and O–H groups in total. The number of aryl methyl sites for hydroxylation is 1. The van der Waals surface area contributed by atoms with Gasteiger partial charge >= 0.3 is 0 Å². The Labute approximate surface area is 205 Å². The Hall–Kier alpha value is -3.71. The molecule has 2 aromatic carbocycles. The van der Waals surface area contributed by atoms with Crippen molar-refractivity contribution in [2.45, 2.75) is 51.7 Å². The maximum Gasteiger partial charge on any atom is 0.249 e. The fourth-order valence-electron chi connectivity index (χ4n) is 5.66. The van der Waals surface area contributed by atoms with Crippen molar-refractivity contribution >= 4 is 22.6 Å². The summed E-state index contributed by atoms with van der Waals surface area (Å²) in [7, 11) is 0. The number of piperidine rings is 1. The zero-order valence-electron chi connectivity index (χ0n) is 20.0. The number of hydrogen-bond donors (Lipinski definition) is 2. The molecule has 1 amide bonds. The highest BCUT2D eigenvalue weighted by molar-refractivity contribution is 6.06. The van der Waals surface area contributed by atoms with Crippen molar-refractivity contribution in [1.82, 2.24) is 19.4 Å². The summed E-state index contributed by atoms with van der Waals surface area (Å²) in [5, 5.41) is 4.45. The lowest BCUT2D eigenvalue weighted by Gasteiger charge is -2.40. The molecule has 6 rings (SSSR count). The average molecular weight is 467 g/mol. The topological polar surface area (TPSA) is 89.1 Å². The van der Waals surface area contributed by atoms with Gasteiger partial charge in [0.15, 0.2) is 0 Å².